The van der Waals surface area contributed by atoms with Crippen molar-refractivity contribution in [3.05, 3.63) is 0 Å². The second-order valence-electron chi connectivity index (χ2n) is 5.66. The van der Waals surface area contributed by atoms with Gasteiger partial charge in [-0.2, -0.15) is 0 Å². The van der Waals surface area contributed by atoms with Gasteiger partial charge in [0.05, 0.1) is 17.3 Å². The maximum absolute atomic E-state index is 12.0. The van der Waals surface area contributed by atoms with Gasteiger partial charge in [-0.25, -0.2) is 16.8 Å². The normalized spacial score (nSPS) is 31.2. The van der Waals surface area contributed by atoms with Crippen LogP contribution in [-0.2, 0) is 24.5 Å². The molecular weight excluding hydrogens is 304 g/mol. The maximum atomic E-state index is 12.0. The molecule has 0 unspecified atom stereocenters. The van der Waals surface area contributed by atoms with Crippen molar-refractivity contribution in [2.24, 2.45) is 0 Å². The van der Waals surface area contributed by atoms with E-state index in [4.69, 9.17) is 0 Å². The number of carbonyl (C=O) groups is 1. The topological polar surface area (TPSA) is 105 Å². The van der Waals surface area contributed by atoms with E-state index in [-0.39, 0.29) is 47.5 Å². The fourth-order valence-corrected chi connectivity index (χ4v) is 6.26. The average Bonchev–Trinajstić information content (AvgIpc) is 2.87. The summed E-state index contributed by atoms with van der Waals surface area (Å²) in [5, 5.41) is 1.76. The summed E-state index contributed by atoms with van der Waals surface area (Å²) >= 11 is 0. The molecule has 9 heteroatoms. The number of rotatable bonds is 4. The first-order chi connectivity index (χ1) is 9.19. The molecule has 1 amide bonds. The summed E-state index contributed by atoms with van der Waals surface area (Å²) in [6.07, 6.45) is 1.07. The lowest BCUT2D eigenvalue weighted by molar-refractivity contribution is -0.674. The maximum Gasteiger partial charge on any atom is 0.277 e. The van der Waals surface area contributed by atoms with Crippen LogP contribution in [0.15, 0.2) is 0 Å². The molecule has 0 aromatic rings. The zero-order chi connectivity index (χ0) is 15.0. The predicted octanol–water partition coefficient (Wildman–Crippen LogP) is -2.62. The van der Waals surface area contributed by atoms with Gasteiger partial charge in [0, 0.05) is 19.5 Å². The van der Waals surface area contributed by atoms with Crippen molar-refractivity contribution in [1.82, 2.24) is 4.90 Å². The van der Waals surface area contributed by atoms with Crippen LogP contribution in [-0.4, -0.2) is 76.3 Å². The molecule has 2 rings (SSSR count). The van der Waals surface area contributed by atoms with Crippen molar-refractivity contribution in [3.63, 3.8) is 0 Å². The molecule has 2 fully saturated rings. The van der Waals surface area contributed by atoms with Crippen molar-refractivity contribution < 1.29 is 26.9 Å². The number of likely N-dealkylation sites (N-methyl/N-ethyl adjacent to an activating group) is 1. The Balaban J connectivity index is 1.81. The van der Waals surface area contributed by atoms with Crippen molar-refractivity contribution in [2.75, 3.05) is 36.6 Å². The smallest absolute Gasteiger partial charge is 0.277 e. The van der Waals surface area contributed by atoms with Gasteiger partial charge in [0.25, 0.3) is 5.91 Å². The molecule has 7 nitrogen and oxygen atoms in total. The Bertz CT molecular complexity index is 584. The first-order valence-electron chi connectivity index (χ1n) is 6.68. The van der Waals surface area contributed by atoms with Crippen LogP contribution in [0.25, 0.3) is 0 Å². The van der Waals surface area contributed by atoms with E-state index in [1.807, 2.05) is 0 Å². The van der Waals surface area contributed by atoms with Gasteiger partial charge in [-0.3, -0.25) is 4.79 Å². The summed E-state index contributed by atoms with van der Waals surface area (Å²) in [6, 6.07) is -0.294. The van der Waals surface area contributed by atoms with Gasteiger partial charge in [-0.1, -0.05) is 0 Å². The molecule has 2 aliphatic heterocycles. The molecule has 2 saturated heterocycles. The third-order valence-electron chi connectivity index (χ3n) is 4.04. The summed E-state index contributed by atoms with van der Waals surface area (Å²) in [4.78, 5) is 13.5. The van der Waals surface area contributed by atoms with Crippen LogP contribution >= 0.6 is 0 Å². The third-order valence-corrected chi connectivity index (χ3v) is 7.59. The fraction of sp³-hybridized carbons (Fsp3) is 0.909. The number of hydrogen-bond donors (Lipinski definition) is 1. The number of hydrogen-bond acceptors (Lipinski definition) is 5. The Morgan fingerprint density at radius 2 is 1.70 bits per heavy atom. The van der Waals surface area contributed by atoms with Gasteiger partial charge >= 0.3 is 0 Å². The molecule has 0 saturated carbocycles. The Labute approximate surface area is 119 Å². The van der Waals surface area contributed by atoms with E-state index in [9.17, 15) is 21.6 Å². The fourth-order valence-electron chi connectivity index (χ4n) is 2.71. The third kappa shape index (κ3) is 3.92. The van der Waals surface area contributed by atoms with Gasteiger partial charge in [0.1, 0.15) is 11.8 Å². The lowest BCUT2D eigenvalue weighted by Crippen LogP contribution is -2.92. The van der Waals surface area contributed by atoms with Crippen molar-refractivity contribution in [2.45, 2.75) is 24.9 Å². The highest BCUT2D eigenvalue weighted by Crippen LogP contribution is 2.16. The van der Waals surface area contributed by atoms with E-state index < -0.39 is 19.7 Å². The van der Waals surface area contributed by atoms with Gasteiger partial charge < -0.3 is 10.2 Å². The minimum absolute atomic E-state index is 0.0348. The standard InChI is InChI=1S/C11H20N2O5S2/c1-13(10-3-5-20(17,18)8-10)11(14)6-12-9-2-4-19(15,16)7-9/h9-10,12H,2-8H2,1H3/p+1/t9-,10-/m0/s1. The van der Waals surface area contributed by atoms with E-state index in [0.29, 0.717) is 12.8 Å². The van der Waals surface area contributed by atoms with Gasteiger partial charge in [0.15, 0.2) is 26.2 Å². The molecule has 0 aromatic heterocycles. The van der Waals surface area contributed by atoms with Crippen LogP contribution < -0.4 is 5.32 Å². The number of quaternary nitrogens is 1. The summed E-state index contributed by atoms with van der Waals surface area (Å²) in [5.74, 6) is 0.352. The molecule has 20 heavy (non-hydrogen) atoms. The molecule has 2 N–H and O–H groups in total. The van der Waals surface area contributed by atoms with Crippen LogP contribution in [0.1, 0.15) is 12.8 Å². The zero-order valence-corrected chi connectivity index (χ0v) is 13.1. The molecule has 0 bridgehead atoms. The van der Waals surface area contributed by atoms with E-state index >= 15 is 0 Å². The number of nitrogens with zero attached hydrogens (tertiary/aromatic N) is 1. The highest BCUT2D eigenvalue weighted by Gasteiger charge is 2.34. The molecule has 2 heterocycles. The Kier molecular flexibility index (Phi) is 4.41. The first kappa shape index (κ1) is 15.7. The Hall–Kier alpha value is -0.670. The van der Waals surface area contributed by atoms with Crippen LogP contribution in [0.3, 0.4) is 0 Å². The second-order valence-corrected chi connectivity index (χ2v) is 10.1. The van der Waals surface area contributed by atoms with Crippen LogP contribution in [0.4, 0.5) is 0 Å². The Morgan fingerprint density at radius 1 is 1.10 bits per heavy atom. The van der Waals surface area contributed by atoms with Gasteiger partial charge in [-0.15, -0.1) is 0 Å². The lowest BCUT2D eigenvalue weighted by Gasteiger charge is -2.23. The highest BCUT2D eigenvalue weighted by molar-refractivity contribution is 7.91. The largest absolute Gasteiger partial charge is 0.337 e. The van der Waals surface area contributed by atoms with Gasteiger partial charge in [0.2, 0.25) is 0 Å². The highest BCUT2D eigenvalue weighted by atomic mass is 32.2. The Morgan fingerprint density at radius 3 is 2.20 bits per heavy atom. The lowest BCUT2D eigenvalue weighted by atomic mass is 10.2. The number of nitrogens with two attached hydrogens (primary N) is 1. The molecule has 0 spiro atoms. The first-order valence-corrected chi connectivity index (χ1v) is 10.3. The summed E-state index contributed by atoms with van der Waals surface area (Å²) in [5.41, 5.74) is 0. The van der Waals surface area contributed by atoms with E-state index in [2.05, 4.69) is 0 Å². The molecule has 0 radical (unpaired) electrons. The number of amides is 1. The molecule has 0 aromatic carbocycles. The second kappa shape index (κ2) is 5.61. The predicted molar refractivity (Wildman–Crippen MR) is 73.7 cm³/mol. The van der Waals surface area contributed by atoms with Crippen molar-refractivity contribution in [3.8, 4) is 0 Å². The van der Waals surface area contributed by atoms with Crippen LogP contribution in [0, 0.1) is 0 Å². The number of sulfone groups is 2. The average molecular weight is 325 g/mol. The summed E-state index contributed by atoms with van der Waals surface area (Å²) in [6.45, 7) is 0.174. The summed E-state index contributed by atoms with van der Waals surface area (Å²) in [7, 11) is -4.32. The molecule has 2 aliphatic rings. The minimum Gasteiger partial charge on any atom is -0.337 e. The van der Waals surface area contributed by atoms with E-state index in [1.165, 1.54) is 4.90 Å². The van der Waals surface area contributed by atoms with Crippen LogP contribution in [0.2, 0.25) is 0 Å². The van der Waals surface area contributed by atoms with E-state index in [1.54, 1.807) is 12.4 Å². The van der Waals surface area contributed by atoms with Crippen molar-refractivity contribution in [1.29, 1.82) is 0 Å². The SMILES string of the molecule is CN(C(=O)C[NH2+][C@H]1CCS(=O)(=O)C1)[C@H]1CCS(=O)(=O)C1. The van der Waals surface area contributed by atoms with Crippen molar-refractivity contribution >= 4 is 25.6 Å². The quantitative estimate of drug-likeness (QED) is 0.609. The monoisotopic (exact) mass is 325 g/mol. The van der Waals surface area contributed by atoms with E-state index in [0.717, 1.165) is 0 Å². The molecule has 2 atom stereocenters. The molecular formula is C11H21N2O5S2+. The van der Waals surface area contributed by atoms with Crippen LogP contribution in [0.5, 0.6) is 0 Å². The number of carbonyl (C=O) groups excluding carboxylic acids is 1. The summed E-state index contributed by atoms with van der Waals surface area (Å²) < 4.78 is 45.4. The zero-order valence-electron chi connectivity index (χ0n) is 11.5. The minimum atomic E-state index is -3.00. The van der Waals surface area contributed by atoms with Gasteiger partial charge in [-0.05, 0) is 6.42 Å². The molecule has 0 aliphatic carbocycles. The molecule has 116 valence electrons.